The third-order valence-corrected chi connectivity index (χ3v) is 4.29. The van der Waals surface area contributed by atoms with Crippen molar-refractivity contribution >= 4 is 17.5 Å². The van der Waals surface area contributed by atoms with Crippen LogP contribution in [0.1, 0.15) is 24.0 Å². The molecule has 0 unspecified atom stereocenters. The minimum absolute atomic E-state index is 0.255. The highest BCUT2D eigenvalue weighted by Gasteiger charge is 2.28. The monoisotopic (exact) mass is 287 g/mol. The number of carbonyl (C=O) groups is 1. The van der Waals surface area contributed by atoms with E-state index >= 15 is 0 Å². The molecule has 0 spiro atoms. The highest BCUT2D eigenvalue weighted by molar-refractivity contribution is 6.07. The van der Waals surface area contributed by atoms with Gasteiger partial charge in [-0.15, -0.1) is 0 Å². The summed E-state index contributed by atoms with van der Waals surface area (Å²) >= 11 is 0. The molecule has 0 atom stereocenters. The van der Waals surface area contributed by atoms with Crippen molar-refractivity contribution in [2.75, 3.05) is 4.90 Å². The lowest BCUT2D eigenvalue weighted by Gasteiger charge is -2.35. The molecule has 108 valence electrons. The van der Waals surface area contributed by atoms with Gasteiger partial charge >= 0.3 is 0 Å². The summed E-state index contributed by atoms with van der Waals surface area (Å²) in [6, 6.07) is 18.7. The second kappa shape index (κ2) is 5.30. The van der Waals surface area contributed by atoms with Crippen LogP contribution >= 0.6 is 0 Å². The summed E-state index contributed by atoms with van der Waals surface area (Å²) in [4.78, 5) is 14.6. The predicted octanol–water partition coefficient (Wildman–Crippen LogP) is 4.34. The Kier molecular flexibility index (Phi) is 3.15. The molecule has 2 aliphatic rings. The Morgan fingerprint density at radius 3 is 2.59 bits per heavy atom. The van der Waals surface area contributed by atoms with Gasteiger partial charge in [0.15, 0.2) is 5.78 Å². The summed E-state index contributed by atoms with van der Waals surface area (Å²) in [5, 5.41) is 0. The molecule has 1 heterocycles. The molecule has 1 aliphatic carbocycles. The number of anilines is 1. The molecule has 0 radical (unpaired) electrons. The summed E-state index contributed by atoms with van der Waals surface area (Å²) in [6.07, 6.45) is 5.70. The van der Waals surface area contributed by atoms with Crippen molar-refractivity contribution in [1.82, 2.24) is 0 Å². The standard InChI is InChI=1S/C20H17NO/c22-20-12-6-11-19-17(20)13-16-9-4-5-10-18(16)21(19)14-15-7-2-1-3-8-15/h1-5,7-11,13H,6,12,14H2. The van der Waals surface area contributed by atoms with Gasteiger partial charge in [0.25, 0.3) is 0 Å². The van der Waals surface area contributed by atoms with Crippen molar-refractivity contribution < 1.29 is 4.79 Å². The number of fused-ring (bicyclic) bond motifs is 2. The van der Waals surface area contributed by atoms with E-state index in [1.54, 1.807) is 0 Å². The van der Waals surface area contributed by atoms with Crippen LogP contribution in [0.2, 0.25) is 0 Å². The maximum absolute atomic E-state index is 12.3. The Morgan fingerprint density at radius 1 is 0.955 bits per heavy atom. The predicted molar refractivity (Wildman–Crippen MR) is 89.4 cm³/mol. The van der Waals surface area contributed by atoms with Gasteiger partial charge in [-0.2, -0.15) is 0 Å². The molecular formula is C20H17NO. The zero-order valence-corrected chi connectivity index (χ0v) is 12.3. The van der Waals surface area contributed by atoms with Gasteiger partial charge in [0.05, 0.1) is 0 Å². The van der Waals surface area contributed by atoms with Crippen molar-refractivity contribution in [3.8, 4) is 0 Å². The third-order valence-electron chi connectivity index (χ3n) is 4.29. The van der Waals surface area contributed by atoms with Crippen LogP contribution in [0.15, 0.2) is 71.9 Å². The van der Waals surface area contributed by atoms with Crippen LogP contribution in [0.4, 0.5) is 5.69 Å². The molecule has 0 fully saturated rings. The molecule has 0 aromatic heterocycles. The topological polar surface area (TPSA) is 20.3 Å². The van der Waals surface area contributed by atoms with E-state index in [1.165, 1.54) is 11.3 Å². The Balaban J connectivity index is 1.83. The van der Waals surface area contributed by atoms with Crippen molar-refractivity contribution in [3.63, 3.8) is 0 Å². The largest absolute Gasteiger partial charge is 0.336 e. The molecule has 1 aliphatic heterocycles. The number of ketones is 1. The SMILES string of the molecule is O=C1CCC=C2C1=Cc1ccccc1N2Cc1ccccc1. The Labute approximate surface area is 130 Å². The van der Waals surface area contributed by atoms with Crippen LogP contribution < -0.4 is 4.90 Å². The average molecular weight is 287 g/mol. The molecule has 0 bridgehead atoms. The van der Waals surface area contributed by atoms with E-state index in [0.717, 1.165) is 29.8 Å². The summed E-state index contributed by atoms with van der Waals surface area (Å²) in [5.41, 5.74) is 5.48. The third kappa shape index (κ3) is 2.17. The summed E-state index contributed by atoms with van der Waals surface area (Å²) in [5.74, 6) is 0.255. The minimum atomic E-state index is 0.255. The fourth-order valence-electron chi connectivity index (χ4n) is 3.21. The number of nitrogens with zero attached hydrogens (tertiary/aromatic N) is 1. The molecule has 0 saturated carbocycles. The van der Waals surface area contributed by atoms with E-state index in [4.69, 9.17) is 0 Å². The van der Waals surface area contributed by atoms with Crippen LogP contribution in [0.25, 0.3) is 6.08 Å². The molecule has 2 aromatic rings. The summed E-state index contributed by atoms with van der Waals surface area (Å²) in [6.45, 7) is 0.786. The van der Waals surface area contributed by atoms with Gasteiger partial charge in [0, 0.05) is 29.9 Å². The van der Waals surface area contributed by atoms with Gasteiger partial charge in [0.2, 0.25) is 0 Å². The number of benzene rings is 2. The average Bonchev–Trinajstić information content (AvgIpc) is 2.57. The Bertz CT molecular complexity index is 786. The maximum Gasteiger partial charge on any atom is 0.165 e. The van der Waals surface area contributed by atoms with Gasteiger partial charge in [-0.05, 0) is 29.7 Å². The van der Waals surface area contributed by atoms with Crippen molar-refractivity contribution in [2.45, 2.75) is 19.4 Å². The normalized spacial score (nSPS) is 16.5. The van der Waals surface area contributed by atoms with Crippen molar-refractivity contribution in [2.24, 2.45) is 0 Å². The quantitative estimate of drug-likeness (QED) is 0.819. The number of allylic oxidation sites excluding steroid dienone is 2. The van der Waals surface area contributed by atoms with Gasteiger partial charge < -0.3 is 4.90 Å². The molecule has 0 N–H and O–H groups in total. The van der Waals surface area contributed by atoms with Crippen LogP contribution in [-0.2, 0) is 11.3 Å². The molecule has 2 heteroatoms. The van der Waals surface area contributed by atoms with E-state index in [0.29, 0.717) is 6.42 Å². The second-order valence-corrected chi connectivity index (χ2v) is 5.74. The maximum atomic E-state index is 12.3. The van der Waals surface area contributed by atoms with E-state index in [2.05, 4.69) is 53.4 Å². The Morgan fingerprint density at radius 2 is 1.73 bits per heavy atom. The molecule has 4 rings (SSSR count). The number of para-hydroxylation sites is 1. The van der Waals surface area contributed by atoms with Crippen LogP contribution in [0.5, 0.6) is 0 Å². The second-order valence-electron chi connectivity index (χ2n) is 5.74. The summed E-state index contributed by atoms with van der Waals surface area (Å²) in [7, 11) is 0. The molecule has 22 heavy (non-hydrogen) atoms. The number of hydrogen-bond donors (Lipinski definition) is 0. The Hall–Kier alpha value is -2.61. The lowest BCUT2D eigenvalue weighted by molar-refractivity contribution is -0.115. The van der Waals surface area contributed by atoms with E-state index in [1.807, 2.05) is 18.2 Å². The molecule has 2 nitrogen and oxygen atoms in total. The first-order chi connectivity index (χ1) is 10.8. The van der Waals surface area contributed by atoms with E-state index < -0.39 is 0 Å². The minimum Gasteiger partial charge on any atom is -0.336 e. The molecular weight excluding hydrogens is 270 g/mol. The molecule has 0 saturated heterocycles. The molecule has 0 amide bonds. The van der Waals surface area contributed by atoms with Crippen LogP contribution in [-0.4, -0.2) is 5.78 Å². The van der Waals surface area contributed by atoms with E-state index in [9.17, 15) is 4.79 Å². The first-order valence-electron chi connectivity index (χ1n) is 7.69. The molecule has 2 aromatic carbocycles. The van der Waals surface area contributed by atoms with Crippen molar-refractivity contribution in [3.05, 3.63) is 83.1 Å². The van der Waals surface area contributed by atoms with Gasteiger partial charge in [0.1, 0.15) is 0 Å². The van der Waals surface area contributed by atoms with Gasteiger partial charge in [-0.25, -0.2) is 0 Å². The lowest BCUT2D eigenvalue weighted by atomic mass is 9.90. The first-order valence-corrected chi connectivity index (χ1v) is 7.69. The number of rotatable bonds is 2. The van der Waals surface area contributed by atoms with Crippen LogP contribution in [0.3, 0.4) is 0 Å². The zero-order chi connectivity index (χ0) is 14.9. The fraction of sp³-hybridized carbons (Fsp3) is 0.150. The highest BCUT2D eigenvalue weighted by Crippen LogP contribution is 2.38. The van der Waals surface area contributed by atoms with E-state index in [-0.39, 0.29) is 5.78 Å². The zero-order valence-electron chi connectivity index (χ0n) is 12.3. The number of Topliss-reactive ketones (excluding diaryl/α,β-unsaturated/α-hetero) is 1. The smallest absolute Gasteiger partial charge is 0.165 e. The number of hydrogen-bond acceptors (Lipinski definition) is 2. The highest BCUT2D eigenvalue weighted by atomic mass is 16.1. The van der Waals surface area contributed by atoms with Gasteiger partial charge in [-0.3, -0.25) is 4.79 Å². The van der Waals surface area contributed by atoms with Crippen LogP contribution in [0, 0.1) is 0 Å². The summed E-state index contributed by atoms with van der Waals surface area (Å²) < 4.78 is 0. The van der Waals surface area contributed by atoms with Gasteiger partial charge in [-0.1, -0.05) is 54.6 Å². The fourth-order valence-corrected chi connectivity index (χ4v) is 3.21. The number of carbonyl (C=O) groups excluding carboxylic acids is 1. The lowest BCUT2D eigenvalue weighted by Crippen LogP contribution is -2.30. The first kappa shape index (κ1) is 13.1. The van der Waals surface area contributed by atoms with Crippen molar-refractivity contribution in [1.29, 1.82) is 0 Å².